The summed E-state index contributed by atoms with van der Waals surface area (Å²) in [6.07, 6.45) is 0. The lowest BCUT2D eigenvalue weighted by Gasteiger charge is -2.11. The van der Waals surface area contributed by atoms with Crippen molar-refractivity contribution in [2.24, 2.45) is 0 Å². The smallest absolute Gasteiger partial charge is 0.504 e. The quantitative estimate of drug-likeness (QED) is 0.736. The van der Waals surface area contributed by atoms with E-state index in [2.05, 4.69) is 24.3 Å². The monoisotopic (exact) mass is 274 g/mol. The molecule has 0 atom stereocenters. The van der Waals surface area contributed by atoms with Gasteiger partial charge in [-0.25, -0.2) is 0 Å². The molecule has 0 radical (unpaired) electrons. The van der Waals surface area contributed by atoms with Crippen molar-refractivity contribution in [3.05, 3.63) is 78.9 Å². The van der Waals surface area contributed by atoms with Gasteiger partial charge in [-0.3, -0.25) is 0 Å². The summed E-state index contributed by atoms with van der Waals surface area (Å²) in [6, 6.07) is 26.3. The molecule has 102 valence electrons. The van der Waals surface area contributed by atoms with E-state index < -0.39 is 0 Å². The molecule has 3 aromatic rings. The molecule has 0 aliphatic rings. The molecule has 3 aromatic carbocycles. The molecule has 0 amide bonds. The maximum atomic E-state index is 8.89. The van der Waals surface area contributed by atoms with Crippen LogP contribution in [0.3, 0.4) is 0 Å². The molecule has 0 spiro atoms. The van der Waals surface area contributed by atoms with Gasteiger partial charge in [-0.2, -0.15) is 0 Å². The third-order valence-corrected chi connectivity index (χ3v) is 3.39. The van der Waals surface area contributed by atoms with Crippen molar-refractivity contribution >= 4 is 7.69 Å². The van der Waals surface area contributed by atoms with Crippen LogP contribution in [0, 0.1) is 0 Å². The molecule has 0 saturated carbocycles. The molecule has 0 saturated heterocycles. The summed E-state index contributed by atoms with van der Waals surface area (Å²) in [5.74, 6) is 0.665. The number of hydrogen-bond donors (Lipinski definition) is 1. The van der Waals surface area contributed by atoms with Gasteiger partial charge in [0.15, 0.2) is 0 Å². The Bertz CT molecular complexity index is 726. The molecular weight excluding hydrogens is 259 g/mol. The Morgan fingerprint density at radius 3 is 2.00 bits per heavy atom. The predicted octanol–water partition coefficient (Wildman–Crippen LogP) is 3.66. The standard InChI is InChI=1S/C18H15BO2/c20-19-21-16-10-6-9-15(13-16)18-12-5-4-11-17(18)14-7-2-1-3-8-14/h1-13,19-20H. The molecule has 0 aliphatic heterocycles. The molecule has 3 rings (SSSR count). The second-order valence-corrected chi connectivity index (χ2v) is 4.71. The highest BCUT2D eigenvalue weighted by atomic mass is 16.5. The first-order valence-corrected chi connectivity index (χ1v) is 6.87. The first kappa shape index (κ1) is 13.5. The zero-order valence-electron chi connectivity index (χ0n) is 11.6. The van der Waals surface area contributed by atoms with Gasteiger partial charge in [0.1, 0.15) is 5.75 Å². The van der Waals surface area contributed by atoms with E-state index >= 15 is 0 Å². The highest BCUT2D eigenvalue weighted by molar-refractivity contribution is 6.17. The molecule has 0 fully saturated rings. The summed E-state index contributed by atoms with van der Waals surface area (Å²) in [6.45, 7) is 0. The first-order chi connectivity index (χ1) is 10.4. The van der Waals surface area contributed by atoms with Crippen molar-refractivity contribution in [1.82, 2.24) is 0 Å². The minimum atomic E-state index is -0.316. The molecular formula is C18H15BO2. The summed E-state index contributed by atoms with van der Waals surface area (Å²) >= 11 is 0. The van der Waals surface area contributed by atoms with E-state index in [1.165, 1.54) is 11.1 Å². The molecule has 0 unspecified atom stereocenters. The fraction of sp³-hybridized carbons (Fsp3) is 0. The Morgan fingerprint density at radius 1 is 0.667 bits per heavy atom. The van der Waals surface area contributed by atoms with E-state index in [4.69, 9.17) is 9.68 Å². The van der Waals surface area contributed by atoms with Crippen LogP contribution in [0.1, 0.15) is 0 Å². The Kier molecular flexibility index (Phi) is 4.03. The van der Waals surface area contributed by atoms with Crippen LogP contribution in [0.5, 0.6) is 5.75 Å². The zero-order chi connectivity index (χ0) is 14.5. The van der Waals surface area contributed by atoms with Crippen molar-refractivity contribution in [2.45, 2.75) is 0 Å². The molecule has 1 N–H and O–H groups in total. The highest BCUT2D eigenvalue weighted by Crippen LogP contribution is 2.33. The summed E-state index contributed by atoms with van der Waals surface area (Å²) < 4.78 is 5.17. The predicted molar refractivity (Wildman–Crippen MR) is 87.3 cm³/mol. The lowest BCUT2D eigenvalue weighted by Crippen LogP contribution is -1.99. The maximum Gasteiger partial charge on any atom is 0.504 e. The second-order valence-electron chi connectivity index (χ2n) is 4.71. The van der Waals surface area contributed by atoms with Crippen LogP contribution < -0.4 is 4.65 Å². The van der Waals surface area contributed by atoms with Crippen LogP contribution in [0.4, 0.5) is 0 Å². The fourth-order valence-electron chi connectivity index (χ4n) is 2.43. The summed E-state index contributed by atoms with van der Waals surface area (Å²) in [7, 11) is -0.316. The number of rotatable bonds is 4. The third kappa shape index (κ3) is 2.98. The van der Waals surface area contributed by atoms with Gasteiger partial charge in [0.05, 0.1) is 0 Å². The molecule has 2 nitrogen and oxygen atoms in total. The van der Waals surface area contributed by atoms with E-state index in [1.807, 2.05) is 54.6 Å². The van der Waals surface area contributed by atoms with Crippen LogP contribution in [0.25, 0.3) is 22.3 Å². The van der Waals surface area contributed by atoms with Gasteiger partial charge in [0.2, 0.25) is 0 Å². The Hall–Kier alpha value is -2.52. The lowest BCUT2D eigenvalue weighted by atomic mass is 9.94. The minimum Gasteiger partial charge on any atom is -0.539 e. The first-order valence-electron chi connectivity index (χ1n) is 6.87. The van der Waals surface area contributed by atoms with Crippen molar-refractivity contribution < 1.29 is 9.68 Å². The molecule has 0 aliphatic carbocycles. The Labute approximate surface area is 125 Å². The topological polar surface area (TPSA) is 29.5 Å². The Balaban J connectivity index is 2.09. The van der Waals surface area contributed by atoms with Crippen LogP contribution in [-0.2, 0) is 0 Å². The largest absolute Gasteiger partial charge is 0.539 e. The number of benzene rings is 3. The van der Waals surface area contributed by atoms with E-state index in [1.54, 1.807) is 0 Å². The molecule has 0 aromatic heterocycles. The van der Waals surface area contributed by atoms with Gasteiger partial charge in [-0.15, -0.1) is 0 Å². The van der Waals surface area contributed by atoms with Gasteiger partial charge >= 0.3 is 7.69 Å². The molecule has 21 heavy (non-hydrogen) atoms. The van der Waals surface area contributed by atoms with E-state index in [0.717, 1.165) is 11.1 Å². The SMILES string of the molecule is OBOc1cccc(-c2ccccc2-c2ccccc2)c1. The fourth-order valence-corrected chi connectivity index (χ4v) is 2.43. The summed E-state index contributed by atoms with van der Waals surface area (Å²) in [5.41, 5.74) is 4.58. The minimum absolute atomic E-state index is 0.316. The van der Waals surface area contributed by atoms with Crippen molar-refractivity contribution in [1.29, 1.82) is 0 Å². The zero-order valence-corrected chi connectivity index (χ0v) is 11.6. The van der Waals surface area contributed by atoms with E-state index in [9.17, 15) is 0 Å². The molecule has 3 heteroatoms. The average molecular weight is 274 g/mol. The Morgan fingerprint density at radius 2 is 1.29 bits per heavy atom. The van der Waals surface area contributed by atoms with Gasteiger partial charge in [0.25, 0.3) is 0 Å². The van der Waals surface area contributed by atoms with Crippen molar-refractivity contribution in [3.8, 4) is 28.0 Å². The molecule has 0 heterocycles. The normalized spacial score (nSPS) is 10.1. The summed E-state index contributed by atoms with van der Waals surface area (Å²) in [4.78, 5) is 0. The van der Waals surface area contributed by atoms with Crippen molar-refractivity contribution in [2.75, 3.05) is 0 Å². The maximum absolute atomic E-state index is 8.89. The average Bonchev–Trinajstić information content (AvgIpc) is 2.56. The van der Waals surface area contributed by atoms with Crippen LogP contribution in [-0.4, -0.2) is 12.7 Å². The second kappa shape index (κ2) is 6.29. The van der Waals surface area contributed by atoms with Crippen LogP contribution in [0.2, 0.25) is 0 Å². The third-order valence-electron chi connectivity index (χ3n) is 3.39. The molecule has 0 bridgehead atoms. The van der Waals surface area contributed by atoms with Crippen LogP contribution >= 0.6 is 0 Å². The van der Waals surface area contributed by atoms with Crippen LogP contribution in [0.15, 0.2) is 78.9 Å². The van der Waals surface area contributed by atoms with Gasteiger partial charge < -0.3 is 9.68 Å². The van der Waals surface area contributed by atoms with Crippen molar-refractivity contribution in [3.63, 3.8) is 0 Å². The van der Waals surface area contributed by atoms with Gasteiger partial charge in [0, 0.05) is 0 Å². The van der Waals surface area contributed by atoms with Gasteiger partial charge in [-0.1, -0.05) is 66.7 Å². The lowest BCUT2D eigenvalue weighted by molar-refractivity contribution is 0.454. The van der Waals surface area contributed by atoms with E-state index in [-0.39, 0.29) is 7.69 Å². The number of hydrogen-bond acceptors (Lipinski definition) is 2. The highest BCUT2D eigenvalue weighted by Gasteiger charge is 2.07. The van der Waals surface area contributed by atoms with E-state index in [0.29, 0.717) is 5.75 Å². The summed E-state index contributed by atoms with van der Waals surface area (Å²) in [5, 5.41) is 8.89. The van der Waals surface area contributed by atoms with Gasteiger partial charge in [-0.05, 0) is 34.4 Å².